The van der Waals surface area contributed by atoms with E-state index in [0.29, 0.717) is 6.54 Å². The predicted octanol–water partition coefficient (Wildman–Crippen LogP) is 3.81. The molecule has 1 heterocycles. The van der Waals surface area contributed by atoms with Crippen LogP contribution in [0.3, 0.4) is 0 Å². The zero-order chi connectivity index (χ0) is 19.8. The molecular formula is C18H35NO5Si. The van der Waals surface area contributed by atoms with Crippen LogP contribution in [0.4, 0.5) is 4.79 Å². The first-order valence-electron chi connectivity index (χ1n) is 8.86. The summed E-state index contributed by atoms with van der Waals surface area (Å²) in [5, 5.41) is 0.0484. The molecule has 3 atom stereocenters. The molecular weight excluding hydrogens is 338 g/mol. The highest BCUT2D eigenvalue weighted by Gasteiger charge is 2.51. The van der Waals surface area contributed by atoms with E-state index >= 15 is 0 Å². The molecule has 1 aliphatic heterocycles. The van der Waals surface area contributed by atoms with E-state index in [-0.39, 0.29) is 17.1 Å². The Kier molecular flexibility index (Phi) is 6.38. The van der Waals surface area contributed by atoms with Crippen molar-refractivity contribution in [2.24, 2.45) is 5.92 Å². The van der Waals surface area contributed by atoms with E-state index in [4.69, 9.17) is 13.9 Å². The lowest BCUT2D eigenvalue weighted by Crippen LogP contribution is -2.46. The number of nitrogens with zero attached hydrogens (tertiary/aromatic N) is 1. The van der Waals surface area contributed by atoms with Crippen molar-refractivity contribution in [3.63, 3.8) is 0 Å². The fourth-order valence-electron chi connectivity index (χ4n) is 2.63. The summed E-state index contributed by atoms with van der Waals surface area (Å²) >= 11 is 0. The minimum Gasteiger partial charge on any atom is -0.467 e. The standard InChI is InChI=1S/C18H35NO5Si/c1-12-13(24-25(9,10)18(5,6)7)11-19(14(12)15(20)22-8)16(21)23-17(2,3)4/h12-14H,11H2,1-10H3/t12-,13-,14-/m0/s1. The molecule has 6 nitrogen and oxygen atoms in total. The maximum atomic E-state index is 12.6. The van der Waals surface area contributed by atoms with Crippen LogP contribution in [0.5, 0.6) is 0 Å². The number of amides is 1. The van der Waals surface area contributed by atoms with Crippen molar-refractivity contribution in [2.75, 3.05) is 13.7 Å². The molecule has 0 spiro atoms. The quantitative estimate of drug-likeness (QED) is 0.556. The highest BCUT2D eigenvalue weighted by molar-refractivity contribution is 6.74. The maximum absolute atomic E-state index is 12.6. The van der Waals surface area contributed by atoms with Gasteiger partial charge in [0.15, 0.2) is 8.32 Å². The number of rotatable bonds is 3. The summed E-state index contributed by atoms with van der Waals surface area (Å²) in [7, 11) is -0.691. The van der Waals surface area contributed by atoms with E-state index in [0.717, 1.165) is 0 Å². The molecule has 1 aliphatic rings. The van der Waals surface area contributed by atoms with Gasteiger partial charge < -0.3 is 13.9 Å². The molecule has 1 rings (SSSR count). The summed E-state index contributed by atoms with van der Waals surface area (Å²) in [6, 6.07) is -0.686. The van der Waals surface area contributed by atoms with Crippen LogP contribution in [0.25, 0.3) is 0 Å². The molecule has 0 aromatic heterocycles. The van der Waals surface area contributed by atoms with Gasteiger partial charge in [-0.15, -0.1) is 0 Å². The molecule has 0 aromatic rings. The highest BCUT2D eigenvalue weighted by atomic mass is 28.4. The normalized spacial score (nSPS) is 25.0. The monoisotopic (exact) mass is 373 g/mol. The fraction of sp³-hybridized carbons (Fsp3) is 0.889. The van der Waals surface area contributed by atoms with Gasteiger partial charge >= 0.3 is 12.1 Å². The summed E-state index contributed by atoms with van der Waals surface area (Å²) in [5.41, 5.74) is -0.626. The van der Waals surface area contributed by atoms with E-state index in [2.05, 4.69) is 33.9 Å². The van der Waals surface area contributed by atoms with Crippen molar-refractivity contribution >= 4 is 20.4 Å². The largest absolute Gasteiger partial charge is 0.467 e. The Morgan fingerprint density at radius 1 is 1.08 bits per heavy atom. The molecule has 1 fully saturated rings. The smallest absolute Gasteiger partial charge is 0.411 e. The summed E-state index contributed by atoms with van der Waals surface area (Å²) in [6.07, 6.45) is -0.714. The average molecular weight is 374 g/mol. The lowest BCUT2D eigenvalue weighted by atomic mass is 10.0. The van der Waals surface area contributed by atoms with Gasteiger partial charge in [0, 0.05) is 5.92 Å². The molecule has 0 aromatic carbocycles. The van der Waals surface area contributed by atoms with Crippen LogP contribution in [-0.2, 0) is 18.7 Å². The van der Waals surface area contributed by atoms with Gasteiger partial charge in [0.1, 0.15) is 11.6 Å². The first-order valence-corrected chi connectivity index (χ1v) is 11.8. The summed E-state index contributed by atoms with van der Waals surface area (Å²) in [5.74, 6) is -0.589. The number of ether oxygens (including phenoxy) is 2. The number of carbonyl (C=O) groups excluding carboxylic acids is 2. The lowest BCUT2D eigenvalue weighted by Gasteiger charge is -2.39. The molecule has 7 heteroatoms. The zero-order valence-corrected chi connectivity index (χ0v) is 18.4. The number of hydrogen-bond acceptors (Lipinski definition) is 5. The van der Waals surface area contributed by atoms with E-state index < -0.39 is 32.0 Å². The molecule has 1 amide bonds. The van der Waals surface area contributed by atoms with E-state index in [1.165, 1.54) is 12.0 Å². The van der Waals surface area contributed by atoms with Gasteiger partial charge in [0.25, 0.3) is 0 Å². The third-order valence-corrected chi connectivity index (χ3v) is 9.62. The first-order chi connectivity index (χ1) is 11.1. The van der Waals surface area contributed by atoms with Gasteiger partial charge in [-0.05, 0) is 38.9 Å². The second kappa shape index (κ2) is 7.27. The Labute approximate surface area is 153 Å². The Bertz CT molecular complexity index is 507. The van der Waals surface area contributed by atoms with Gasteiger partial charge in [0.05, 0.1) is 19.8 Å². The van der Waals surface area contributed by atoms with Crippen LogP contribution in [0.15, 0.2) is 0 Å². The van der Waals surface area contributed by atoms with Crippen LogP contribution in [0.2, 0.25) is 18.1 Å². The Balaban J connectivity index is 3.06. The SMILES string of the molecule is COC(=O)[C@@H]1[C@@H](C)[C@@H](O[Si](C)(C)C(C)(C)C)CN1C(=O)OC(C)(C)C. The molecule has 0 unspecified atom stereocenters. The van der Waals surface area contributed by atoms with Crippen LogP contribution >= 0.6 is 0 Å². The van der Waals surface area contributed by atoms with E-state index in [1.54, 1.807) is 20.8 Å². The second-order valence-corrected chi connectivity index (χ2v) is 14.1. The average Bonchev–Trinajstić information content (AvgIpc) is 2.72. The molecule has 0 bridgehead atoms. The third-order valence-electron chi connectivity index (χ3n) is 5.12. The van der Waals surface area contributed by atoms with Crippen LogP contribution in [0, 0.1) is 5.92 Å². The zero-order valence-electron chi connectivity index (χ0n) is 17.4. The molecule has 0 N–H and O–H groups in total. The van der Waals surface area contributed by atoms with Crippen LogP contribution in [0.1, 0.15) is 48.5 Å². The van der Waals surface area contributed by atoms with Crippen molar-refractivity contribution in [3.8, 4) is 0 Å². The number of likely N-dealkylation sites (tertiary alicyclic amines) is 1. The van der Waals surface area contributed by atoms with Crippen molar-refractivity contribution in [1.82, 2.24) is 4.90 Å². The van der Waals surface area contributed by atoms with Crippen LogP contribution in [-0.4, -0.2) is 56.7 Å². The van der Waals surface area contributed by atoms with Crippen molar-refractivity contribution in [1.29, 1.82) is 0 Å². The van der Waals surface area contributed by atoms with Gasteiger partial charge in [-0.3, -0.25) is 4.90 Å². The Hall–Kier alpha value is -1.08. The molecule has 146 valence electrons. The predicted molar refractivity (Wildman–Crippen MR) is 100.0 cm³/mol. The molecule has 0 radical (unpaired) electrons. The minimum absolute atomic E-state index is 0.0484. The molecule has 25 heavy (non-hydrogen) atoms. The number of hydrogen-bond donors (Lipinski definition) is 0. The molecule has 1 saturated heterocycles. The lowest BCUT2D eigenvalue weighted by molar-refractivity contribution is -0.147. The highest BCUT2D eigenvalue weighted by Crippen LogP contribution is 2.40. The van der Waals surface area contributed by atoms with Gasteiger partial charge in [-0.2, -0.15) is 0 Å². The second-order valence-electron chi connectivity index (χ2n) is 9.38. The van der Waals surface area contributed by atoms with Crippen molar-refractivity contribution in [3.05, 3.63) is 0 Å². The van der Waals surface area contributed by atoms with E-state index in [9.17, 15) is 9.59 Å². The van der Waals surface area contributed by atoms with Crippen molar-refractivity contribution < 1.29 is 23.5 Å². The molecule has 0 aliphatic carbocycles. The Morgan fingerprint density at radius 3 is 2.00 bits per heavy atom. The van der Waals surface area contributed by atoms with E-state index in [1.807, 2.05) is 6.92 Å². The third kappa shape index (κ3) is 5.20. The van der Waals surface area contributed by atoms with Gasteiger partial charge in [-0.1, -0.05) is 27.7 Å². The number of carbonyl (C=O) groups is 2. The Morgan fingerprint density at radius 2 is 1.60 bits per heavy atom. The summed E-state index contributed by atoms with van der Waals surface area (Å²) < 4.78 is 16.9. The summed E-state index contributed by atoms with van der Waals surface area (Å²) in [6.45, 7) is 18.5. The van der Waals surface area contributed by atoms with Crippen molar-refractivity contribution in [2.45, 2.75) is 84.3 Å². The maximum Gasteiger partial charge on any atom is 0.411 e. The minimum atomic E-state index is -2.03. The van der Waals surface area contributed by atoms with Crippen LogP contribution < -0.4 is 0 Å². The fourth-order valence-corrected chi connectivity index (χ4v) is 4.03. The topological polar surface area (TPSA) is 65.1 Å². The number of esters is 1. The summed E-state index contributed by atoms with van der Waals surface area (Å²) in [4.78, 5) is 26.4. The van der Waals surface area contributed by atoms with Gasteiger partial charge in [-0.25, -0.2) is 9.59 Å². The van der Waals surface area contributed by atoms with Gasteiger partial charge in [0.2, 0.25) is 0 Å². The first kappa shape index (κ1) is 22.0. The number of methoxy groups -OCH3 is 1. The molecule has 0 saturated carbocycles.